The number of hydrogen-bond donors (Lipinski definition) is 1. The zero-order valence-corrected chi connectivity index (χ0v) is 15.3. The molecule has 0 aromatic rings. The molecule has 0 rings (SSSR count). The topological polar surface area (TPSA) is 23.9 Å². The highest BCUT2D eigenvalue weighted by molar-refractivity contribution is 14.1. The fourth-order valence-corrected chi connectivity index (χ4v) is 3.75. The average molecular weight is 449 g/mol. The Morgan fingerprint density at radius 3 is 2.31 bits per heavy atom. The van der Waals surface area contributed by atoms with Gasteiger partial charge in [0.05, 0.1) is 0 Å². The first-order valence-corrected chi connectivity index (χ1v) is 8.56. The molecular formula is C13H25I2N. The molecule has 2 unspecified atom stereocenters. The third kappa shape index (κ3) is 6.77. The van der Waals surface area contributed by atoms with Crippen LogP contribution in [0.25, 0.3) is 0 Å². The van der Waals surface area contributed by atoms with Crippen molar-refractivity contribution >= 4 is 50.9 Å². The summed E-state index contributed by atoms with van der Waals surface area (Å²) in [7, 11) is 0. The van der Waals surface area contributed by atoms with Crippen molar-refractivity contribution in [1.82, 2.24) is 0 Å². The third-order valence-corrected chi connectivity index (χ3v) is 4.84. The smallest absolute Gasteiger partial charge is 0.0246 e. The fraction of sp³-hybridized carbons (Fsp3) is 0.923. The van der Waals surface area contributed by atoms with E-state index in [0.717, 1.165) is 18.6 Å². The minimum atomic E-state index is 0.282. The lowest BCUT2D eigenvalue weighted by atomic mass is 9.89. The van der Waals surface area contributed by atoms with Crippen LogP contribution in [0.1, 0.15) is 59.8 Å². The van der Waals surface area contributed by atoms with E-state index >= 15 is 0 Å². The first-order valence-electron chi connectivity index (χ1n) is 6.24. The molecule has 0 spiro atoms. The molecule has 0 aliphatic carbocycles. The van der Waals surface area contributed by atoms with Crippen LogP contribution in [-0.4, -0.2) is 13.1 Å². The summed E-state index contributed by atoms with van der Waals surface area (Å²) in [4.78, 5) is 0. The maximum absolute atomic E-state index is 8.26. The van der Waals surface area contributed by atoms with Crippen LogP contribution in [0.2, 0.25) is 0 Å². The van der Waals surface area contributed by atoms with Crippen LogP contribution in [-0.2, 0) is 0 Å². The molecule has 0 saturated heterocycles. The minimum absolute atomic E-state index is 0.282. The molecule has 0 saturated carbocycles. The fourth-order valence-electron chi connectivity index (χ4n) is 2.01. The van der Waals surface area contributed by atoms with E-state index in [4.69, 9.17) is 5.41 Å². The van der Waals surface area contributed by atoms with Gasteiger partial charge in [-0.25, -0.2) is 0 Å². The van der Waals surface area contributed by atoms with Crippen molar-refractivity contribution in [3.05, 3.63) is 0 Å². The monoisotopic (exact) mass is 449 g/mol. The molecule has 0 bridgehead atoms. The van der Waals surface area contributed by atoms with E-state index in [1.54, 1.807) is 0 Å². The van der Waals surface area contributed by atoms with Crippen molar-refractivity contribution in [2.24, 2.45) is 5.92 Å². The van der Waals surface area contributed by atoms with E-state index in [1.165, 1.54) is 19.3 Å². The summed E-state index contributed by atoms with van der Waals surface area (Å²) in [6, 6.07) is 0. The van der Waals surface area contributed by atoms with Crippen LogP contribution in [0.4, 0.5) is 0 Å². The highest BCUT2D eigenvalue weighted by atomic mass is 127. The van der Waals surface area contributed by atoms with E-state index in [0.29, 0.717) is 9.84 Å². The Balaban J connectivity index is 4.30. The Hall–Kier alpha value is 1.13. The lowest BCUT2D eigenvalue weighted by molar-refractivity contribution is 0.568. The van der Waals surface area contributed by atoms with E-state index in [1.807, 2.05) is 0 Å². The average Bonchev–Trinajstić information content (AvgIpc) is 2.14. The van der Waals surface area contributed by atoms with Gasteiger partial charge in [0.2, 0.25) is 0 Å². The van der Waals surface area contributed by atoms with Crippen molar-refractivity contribution in [3.63, 3.8) is 0 Å². The molecule has 0 radical (unpaired) electrons. The van der Waals surface area contributed by atoms with Crippen LogP contribution in [0, 0.1) is 11.3 Å². The molecule has 1 N–H and O–H groups in total. The van der Waals surface area contributed by atoms with E-state index in [2.05, 4.69) is 72.9 Å². The zero-order chi connectivity index (χ0) is 12.8. The van der Waals surface area contributed by atoms with E-state index in [-0.39, 0.29) is 3.42 Å². The molecule has 0 fully saturated rings. The predicted molar refractivity (Wildman–Crippen MR) is 91.6 cm³/mol. The number of hydrogen-bond acceptors (Lipinski definition) is 1. The van der Waals surface area contributed by atoms with E-state index < -0.39 is 0 Å². The second kappa shape index (κ2) is 8.27. The molecule has 16 heavy (non-hydrogen) atoms. The summed E-state index contributed by atoms with van der Waals surface area (Å²) in [6.45, 7) is 8.95. The van der Waals surface area contributed by atoms with Crippen molar-refractivity contribution in [2.45, 2.75) is 67.1 Å². The lowest BCUT2D eigenvalue weighted by Crippen LogP contribution is -2.28. The molecular weight excluding hydrogens is 424 g/mol. The number of nitrogens with one attached hydrogen (secondary N) is 1. The highest BCUT2D eigenvalue weighted by Gasteiger charge is 2.26. The van der Waals surface area contributed by atoms with Gasteiger partial charge in [-0.05, 0) is 19.3 Å². The molecule has 0 aliphatic heterocycles. The third-order valence-electron chi connectivity index (χ3n) is 3.05. The Labute approximate surface area is 128 Å². The van der Waals surface area contributed by atoms with Gasteiger partial charge in [0.15, 0.2) is 0 Å². The van der Waals surface area contributed by atoms with Gasteiger partial charge in [-0.2, -0.15) is 0 Å². The lowest BCUT2D eigenvalue weighted by Gasteiger charge is -2.27. The molecule has 3 atom stereocenters. The first-order chi connectivity index (χ1) is 7.34. The van der Waals surface area contributed by atoms with Gasteiger partial charge in [0, 0.05) is 19.0 Å². The van der Waals surface area contributed by atoms with Gasteiger partial charge >= 0.3 is 0 Å². The molecule has 0 heterocycles. The SMILES string of the molecule is CCCCC(C)(I)CC(=N)C(CC)[C@@H](C)I. The second-order valence-corrected chi connectivity index (χ2v) is 9.48. The minimum Gasteiger partial charge on any atom is -0.309 e. The van der Waals surface area contributed by atoms with Crippen molar-refractivity contribution < 1.29 is 0 Å². The van der Waals surface area contributed by atoms with Crippen molar-refractivity contribution in [3.8, 4) is 0 Å². The summed E-state index contributed by atoms with van der Waals surface area (Å²) in [5.74, 6) is 0.469. The molecule has 1 nitrogen and oxygen atoms in total. The summed E-state index contributed by atoms with van der Waals surface area (Å²) >= 11 is 5.00. The Bertz CT molecular complexity index is 212. The van der Waals surface area contributed by atoms with E-state index in [9.17, 15) is 0 Å². The molecule has 96 valence electrons. The van der Waals surface area contributed by atoms with Crippen LogP contribution >= 0.6 is 45.2 Å². The highest BCUT2D eigenvalue weighted by Crippen LogP contribution is 2.32. The number of unbranched alkanes of at least 4 members (excludes halogenated alkanes) is 1. The van der Waals surface area contributed by atoms with Gasteiger partial charge in [0.25, 0.3) is 0 Å². The standard InChI is InChI=1S/C13H25I2N/c1-5-7-8-13(4,15)9-12(16)11(6-2)10(3)14/h10-11,16H,5-9H2,1-4H3/t10-,11?,13?/m1/s1. The largest absolute Gasteiger partial charge is 0.309 e. The number of alkyl halides is 2. The van der Waals surface area contributed by atoms with Gasteiger partial charge in [-0.15, -0.1) is 0 Å². The van der Waals surface area contributed by atoms with Gasteiger partial charge in [-0.3, -0.25) is 0 Å². The molecule has 3 heteroatoms. The maximum atomic E-state index is 8.26. The number of rotatable bonds is 8. The van der Waals surface area contributed by atoms with Crippen LogP contribution < -0.4 is 0 Å². The maximum Gasteiger partial charge on any atom is 0.0246 e. The predicted octanol–water partition coefficient (Wildman–Crippen LogP) is 5.63. The molecule has 0 aromatic carbocycles. The van der Waals surface area contributed by atoms with Crippen LogP contribution in [0.3, 0.4) is 0 Å². The van der Waals surface area contributed by atoms with Gasteiger partial charge in [0.1, 0.15) is 0 Å². The molecule has 0 aliphatic rings. The Morgan fingerprint density at radius 2 is 1.94 bits per heavy atom. The van der Waals surface area contributed by atoms with Crippen LogP contribution in [0.5, 0.6) is 0 Å². The van der Waals surface area contributed by atoms with Crippen molar-refractivity contribution in [1.29, 1.82) is 5.41 Å². The summed E-state index contributed by atoms with van der Waals surface area (Å²) in [5.41, 5.74) is 0.956. The van der Waals surface area contributed by atoms with Crippen LogP contribution in [0.15, 0.2) is 0 Å². The quantitative estimate of drug-likeness (QED) is 0.282. The summed E-state index contributed by atoms with van der Waals surface area (Å²) in [5, 5.41) is 8.26. The second-order valence-electron chi connectivity index (χ2n) is 4.91. The molecule has 0 amide bonds. The summed E-state index contributed by atoms with van der Waals surface area (Å²) < 4.78 is 0.859. The van der Waals surface area contributed by atoms with Crippen molar-refractivity contribution in [2.75, 3.05) is 0 Å². The van der Waals surface area contributed by atoms with Gasteiger partial charge in [-0.1, -0.05) is 85.7 Å². The first kappa shape index (κ1) is 17.1. The Kier molecular flexibility index (Phi) is 8.85. The summed E-state index contributed by atoms with van der Waals surface area (Å²) in [6.07, 6.45) is 5.83. The normalized spacial score (nSPS) is 18.9. The molecule has 0 aromatic heterocycles. The zero-order valence-electron chi connectivity index (χ0n) is 10.9. The van der Waals surface area contributed by atoms with Gasteiger partial charge < -0.3 is 5.41 Å². The Morgan fingerprint density at radius 1 is 1.38 bits per heavy atom. The number of halogens is 2.